The summed E-state index contributed by atoms with van der Waals surface area (Å²) in [5.74, 6) is 1.51. The van der Waals surface area contributed by atoms with E-state index in [1.807, 2.05) is 18.2 Å². The van der Waals surface area contributed by atoms with Crippen LogP contribution in [0, 0.1) is 11.8 Å². The molecule has 1 fully saturated rings. The van der Waals surface area contributed by atoms with Gasteiger partial charge in [-0.15, -0.1) is 0 Å². The van der Waals surface area contributed by atoms with Gasteiger partial charge in [0, 0.05) is 18.0 Å². The minimum absolute atomic E-state index is 0.240. The molecule has 0 heterocycles. The van der Waals surface area contributed by atoms with Crippen molar-refractivity contribution in [3.8, 4) is 0 Å². The lowest BCUT2D eigenvalue weighted by molar-refractivity contribution is 0.0883. The fraction of sp³-hybridized carbons (Fsp3) is 0.650. The number of hydrogen-bond acceptors (Lipinski definition) is 2. The SMILES string of the molecule is CN(CCC1CCc2ccccc2C1=O)CC1CCCCC1. The Bertz CT molecular complexity index is 504. The number of carbonyl (C=O) groups excluding carboxylic acids is 1. The van der Waals surface area contributed by atoms with Crippen molar-refractivity contribution < 1.29 is 4.79 Å². The lowest BCUT2D eigenvalue weighted by Crippen LogP contribution is -2.31. The third-order valence-corrected chi connectivity index (χ3v) is 5.57. The summed E-state index contributed by atoms with van der Waals surface area (Å²) >= 11 is 0. The predicted octanol–water partition coefficient (Wildman–Crippen LogP) is 4.33. The summed E-state index contributed by atoms with van der Waals surface area (Å²) in [4.78, 5) is 15.1. The fourth-order valence-electron chi connectivity index (χ4n) is 4.21. The van der Waals surface area contributed by atoms with Crippen molar-refractivity contribution in [3.05, 3.63) is 35.4 Å². The van der Waals surface area contributed by atoms with Gasteiger partial charge in [0.15, 0.2) is 5.78 Å². The molecule has 22 heavy (non-hydrogen) atoms. The van der Waals surface area contributed by atoms with E-state index in [2.05, 4.69) is 18.0 Å². The first-order valence-corrected chi connectivity index (χ1v) is 9.04. The summed E-state index contributed by atoms with van der Waals surface area (Å²) < 4.78 is 0. The quantitative estimate of drug-likeness (QED) is 0.806. The van der Waals surface area contributed by atoms with Crippen LogP contribution in [0.25, 0.3) is 0 Å². The number of nitrogens with zero attached hydrogens (tertiary/aromatic N) is 1. The van der Waals surface area contributed by atoms with Crippen molar-refractivity contribution in [1.82, 2.24) is 4.90 Å². The first-order chi connectivity index (χ1) is 10.7. The molecule has 1 aromatic rings. The third-order valence-electron chi connectivity index (χ3n) is 5.57. The topological polar surface area (TPSA) is 20.3 Å². The van der Waals surface area contributed by atoms with Gasteiger partial charge in [0.25, 0.3) is 0 Å². The highest BCUT2D eigenvalue weighted by molar-refractivity contribution is 6.00. The Kier molecular flexibility index (Phi) is 5.30. The molecule has 0 aliphatic heterocycles. The third kappa shape index (κ3) is 3.78. The van der Waals surface area contributed by atoms with Gasteiger partial charge in [0.05, 0.1) is 0 Å². The second kappa shape index (κ2) is 7.41. The summed E-state index contributed by atoms with van der Waals surface area (Å²) in [6.07, 6.45) is 10.2. The maximum Gasteiger partial charge on any atom is 0.166 e. The zero-order chi connectivity index (χ0) is 15.4. The summed E-state index contributed by atoms with van der Waals surface area (Å²) in [6, 6.07) is 8.16. The number of fused-ring (bicyclic) bond motifs is 1. The van der Waals surface area contributed by atoms with Crippen molar-refractivity contribution >= 4 is 5.78 Å². The maximum absolute atomic E-state index is 12.6. The zero-order valence-corrected chi connectivity index (χ0v) is 13.9. The first kappa shape index (κ1) is 15.7. The molecule has 1 atom stereocenters. The molecule has 2 aliphatic carbocycles. The molecule has 0 bridgehead atoms. The van der Waals surface area contributed by atoms with Gasteiger partial charge in [-0.25, -0.2) is 0 Å². The molecule has 3 rings (SSSR count). The number of benzene rings is 1. The number of aryl methyl sites for hydroxylation is 1. The first-order valence-electron chi connectivity index (χ1n) is 9.04. The molecule has 0 N–H and O–H groups in total. The van der Waals surface area contributed by atoms with Gasteiger partial charge in [0.2, 0.25) is 0 Å². The van der Waals surface area contributed by atoms with Crippen LogP contribution in [0.1, 0.15) is 60.9 Å². The zero-order valence-electron chi connectivity index (χ0n) is 13.9. The lowest BCUT2D eigenvalue weighted by Gasteiger charge is -2.29. The van der Waals surface area contributed by atoms with Crippen LogP contribution in [0.4, 0.5) is 0 Å². The van der Waals surface area contributed by atoms with Gasteiger partial charge >= 0.3 is 0 Å². The molecule has 2 aliphatic rings. The highest BCUT2D eigenvalue weighted by atomic mass is 16.1. The minimum atomic E-state index is 0.240. The van der Waals surface area contributed by atoms with E-state index in [0.29, 0.717) is 5.78 Å². The van der Waals surface area contributed by atoms with Crippen LogP contribution in [0.3, 0.4) is 0 Å². The molecule has 1 unspecified atom stereocenters. The fourth-order valence-corrected chi connectivity index (χ4v) is 4.21. The number of ketones is 1. The summed E-state index contributed by atoms with van der Waals surface area (Å²) in [6.45, 7) is 2.28. The number of Topliss-reactive ketones (excluding diaryl/α,β-unsaturated/α-hetero) is 1. The monoisotopic (exact) mass is 299 g/mol. The molecule has 0 radical (unpaired) electrons. The molecule has 2 nitrogen and oxygen atoms in total. The summed E-state index contributed by atoms with van der Waals surface area (Å²) in [7, 11) is 2.23. The number of hydrogen-bond donors (Lipinski definition) is 0. The molecule has 0 aromatic heterocycles. The van der Waals surface area contributed by atoms with E-state index in [4.69, 9.17) is 0 Å². The van der Waals surface area contributed by atoms with Crippen molar-refractivity contribution in [3.63, 3.8) is 0 Å². The number of carbonyl (C=O) groups is 1. The van der Waals surface area contributed by atoms with Gasteiger partial charge in [-0.3, -0.25) is 4.79 Å². The Morgan fingerprint density at radius 1 is 1.09 bits per heavy atom. The van der Waals surface area contributed by atoms with Gasteiger partial charge < -0.3 is 4.90 Å². The van der Waals surface area contributed by atoms with Crippen molar-refractivity contribution in [2.75, 3.05) is 20.1 Å². The minimum Gasteiger partial charge on any atom is -0.306 e. The van der Waals surface area contributed by atoms with Crippen LogP contribution >= 0.6 is 0 Å². The molecule has 120 valence electrons. The smallest absolute Gasteiger partial charge is 0.166 e. The normalized spacial score (nSPS) is 22.8. The van der Waals surface area contributed by atoms with E-state index < -0.39 is 0 Å². The Hall–Kier alpha value is -1.15. The molecule has 2 heteroatoms. The molecule has 0 spiro atoms. The Morgan fingerprint density at radius 3 is 2.68 bits per heavy atom. The predicted molar refractivity (Wildman–Crippen MR) is 91.3 cm³/mol. The van der Waals surface area contributed by atoms with E-state index in [0.717, 1.165) is 37.3 Å². The highest BCUT2D eigenvalue weighted by Gasteiger charge is 2.27. The van der Waals surface area contributed by atoms with Gasteiger partial charge in [-0.2, -0.15) is 0 Å². The van der Waals surface area contributed by atoms with Crippen LogP contribution in [0.2, 0.25) is 0 Å². The van der Waals surface area contributed by atoms with E-state index in [1.54, 1.807) is 0 Å². The Labute approximate surface area is 134 Å². The van der Waals surface area contributed by atoms with Gasteiger partial charge in [-0.05, 0) is 57.2 Å². The molecular weight excluding hydrogens is 270 g/mol. The second-order valence-electron chi connectivity index (χ2n) is 7.31. The van der Waals surface area contributed by atoms with E-state index >= 15 is 0 Å². The molecule has 1 saturated carbocycles. The largest absolute Gasteiger partial charge is 0.306 e. The Balaban J connectivity index is 1.48. The summed E-state index contributed by atoms with van der Waals surface area (Å²) in [5, 5.41) is 0. The van der Waals surface area contributed by atoms with Crippen LogP contribution in [-0.4, -0.2) is 30.8 Å². The maximum atomic E-state index is 12.6. The average Bonchev–Trinajstić information content (AvgIpc) is 2.55. The second-order valence-corrected chi connectivity index (χ2v) is 7.31. The summed E-state index contributed by atoms with van der Waals surface area (Å²) in [5.41, 5.74) is 2.23. The molecular formula is C20H29NO. The van der Waals surface area contributed by atoms with Crippen molar-refractivity contribution in [2.24, 2.45) is 11.8 Å². The van der Waals surface area contributed by atoms with Crippen LogP contribution < -0.4 is 0 Å². The van der Waals surface area contributed by atoms with E-state index in [1.165, 1.54) is 44.2 Å². The standard InChI is InChI=1S/C20H29NO/c1-21(15-16-7-3-2-4-8-16)14-13-18-12-11-17-9-5-6-10-19(17)20(18)22/h5-6,9-10,16,18H,2-4,7-8,11-15H2,1H3. The molecule has 1 aromatic carbocycles. The van der Waals surface area contributed by atoms with Crippen molar-refractivity contribution in [2.45, 2.75) is 51.4 Å². The number of rotatable bonds is 5. The van der Waals surface area contributed by atoms with Crippen LogP contribution in [0.5, 0.6) is 0 Å². The average molecular weight is 299 g/mol. The Morgan fingerprint density at radius 2 is 1.86 bits per heavy atom. The van der Waals surface area contributed by atoms with Crippen molar-refractivity contribution in [1.29, 1.82) is 0 Å². The lowest BCUT2D eigenvalue weighted by atomic mass is 9.81. The highest BCUT2D eigenvalue weighted by Crippen LogP contribution is 2.28. The van der Waals surface area contributed by atoms with Crippen LogP contribution in [0.15, 0.2) is 24.3 Å². The molecule has 0 saturated heterocycles. The molecule has 0 amide bonds. The van der Waals surface area contributed by atoms with Gasteiger partial charge in [0.1, 0.15) is 0 Å². The van der Waals surface area contributed by atoms with Crippen LogP contribution in [-0.2, 0) is 6.42 Å². The van der Waals surface area contributed by atoms with E-state index in [9.17, 15) is 4.79 Å². The van der Waals surface area contributed by atoms with Gasteiger partial charge in [-0.1, -0.05) is 43.5 Å². The van der Waals surface area contributed by atoms with E-state index in [-0.39, 0.29) is 5.92 Å².